The van der Waals surface area contributed by atoms with Crippen LogP contribution in [0.5, 0.6) is 0 Å². The van der Waals surface area contributed by atoms with E-state index in [2.05, 4.69) is 12.2 Å². The van der Waals surface area contributed by atoms with Crippen molar-refractivity contribution in [3.8, 4) is 0 Å². The Hall–Kier alpha value is -2.01. The van der Waals surface area contributed by atoms with Crippen LogP contribution in [0.3, 0.4) is 0 Å². The van der Waals surface area contributed by atoms with E-state index in [-0.39, 0.29) is 22.7 Å². The maximum Gasteiger partial charge on any atom is 0.248 e. The fraction of sp³-hybridized carbons (Fsp3) is 0.333. The Kier molecular flexibility index (Phi) is 3.34. The first-order valence-electron chi connectivity index (χ1n) is 7.83. The number of rotatable bonds is 2. The minimum absolute atomic E-state index is 0.0900. The summed E-state index contributed by atoms with van der Waals surface area (Å²) < 4.78 is 0. The number of carbonyl (C=O) groups excluding carboxylic acids is 2. The minimum atomic E-state index is -0.376. The Morgan fingerprint density at radius 3 is 2.91 bits per heavy atom. The topological polar surface area (TPSA) is 49.4 Å². The van der Waals surface area contributed by atoms with Crippen molar-refractivity contribution >= 4 is 40.0 Å². The Morgan fingerprint density at radius 1 is 1.26 bits per heavy atom. The maximum absolute atomic E-state index is 12.8. The van der Waals surface area contributed by atoms with Gasteiger partial charge in [0.05, 0.1) is 4.87 Å². The zero-order chi connectivity index (χ0) is 16.0. The van der Waals surface area contributed by atoms with Crippen LogP contribution in [0.2, 0.25) is 0 Å². The van der Waals surface area contributed by atoms with Gasteiger partial charge in [0, 0.05) is 23.2 Å². The summed E-state index contributed by atoms with van der Waals surface area (Å²) in [7, 11) is 0. The van der Waals surface area contributed by atoms with Crippen LogP contribution in [-0.2, 0) is 9.59 Å². The molecule has 2 aliphatic rings. The fourth-order valence-corrected chi connectivity index (χ4v) is 5.00. The molecule has 23 heavy (non-hydrogen) atoms. The van der Waals surface area contributed by atoms with E-state index in [9.17, 15) is 9.59 Å². The van der Waals surface area contributed by atoms with Crippen molar-refractivity contribution in [2.45, 2.75) is 30.7 Å². The van der Waals surface area contributed by atoms with Gasteiger partial charge in [0.25, 0.3) is 0 Å². The van der Waals surface area contributed by atoms with Crippen LogP contribution in [0.25, 0.3) is 10.8 Å². The van der Waals surface area contributed by atoms with Crippen molar-refractivity contribution in [2.75, 3.05) is 11.1 Å². The van der Waals surface area contributed by atoms with E-state index in [4.69, 9.17) is 0 Å². The molecule has 4 rings (SSSR count). The second-order valence-corrected chi connectivity index (χ2v) is 7.78. The molecule has 0 radical (unpaired) electrons. The molecule has 4 nitrogen and oxygen atoms in total. The molecule has 2 amide bonds. The number of nitrogens with one attached hydrogen (secondary N) is 1. The van der Waals surface area contributed by atoms with Gasteiger partial charge in [-0.2, -0.15) is 0 Å². The van der Waals surface area contributed by atoms with Gasteiger partial charge in [-0.25, -0.2) is 0 Å². The predicted octanol–water partition coefficient (Wildman–Crippen LogP) is 3.23. The number of carbonyl (C=O) groups is 2. The number of anilines is 1. The van der Waals surface area contributed by atoms with Gasteiger partial charge in [-0.3, -0.25) is 9.59 Å². The molecule has 2 heterocycles. The molecule has 1 N–H and O–H groups in total. The first-order chi connectivity index (χ1) is 11.1. The van der Waals surface area contributed by atoms with Gasteiger partial charge >= 0.3 is 0 Å². The molecule has 0 aliphatic carbocycles. The van der Waals surface area contributed by atoms with Gasteiger partial charge in [0.2, 0.25) is 11.8 Å². The van der Waals surface area contributed by atoms with Crippen LogP contribution in [0, 0.1) is 0 Å². The lowest BCUT2D eigenvalue weighted by Crippen LogP contribution is -2.48. The monoisotopic (exact) mass is 326 g/mol. The highest BCUT2D eigenvalue weighted by Gasteiger charge is 2.52. The molecule has 118 valence electrons. The van der Waals surface area contributed by atoms with Crippen LogP contribution >= 0.6 is 11.8 Å². The summed E-state index contributed by atoms with van der Waals surface area (Å²) in [5.41, 5.74) is 0.804. The molecular formula is C18H18N2O2S. The molecule has 0 spiro atoms. The average Bonchev–Trinajstić information content (AvgIpc) is 3.04. The molecule has 0 aromatic heterocycles. The van der Waals surface area contributed by atoms with Gasteiger partial charge in [0.15, 0.2) is 0 Å². The van der Waals surface area contributed by atoms with Crippen molar-refractivity contribution in [1.82, 2.24) is 4.90 Å². The quantitative estimate of drug-likeness (QED) is 0.922. The highest BCUT2D eigenvalue weighted by Crippen LogP contribution is 2.47. The molecule has 2 atom stereocenters. The van der Waals surface area contributed by atoms with Gasteiger partial charge in [-0.1, -0.05) is 36.4 Å². The summed E-state index contributed by atoms with van der Waals surface area (Å²) >= 11 is 1.71. The van der Waals surface area contributed by atoms with Crippen molar-refractivity contribution < 1.29 is 9.59 Å². The zero-order valence-corrected chi connectivity index (χ0v) is 13.7. The summed E-state index contributed by atoms with van der Waals surface area (Å²) in [5.74, 6) is 0.669. The summed E-state index contributed by atoms with van der Waals surface area (Å²) in [6.45, 7) is 2.06. The van der Waals surface area contributed by atoms with Gasteiger partial charge in [-0.15, -0.1) is 11.8 Å². The second kappa shape index (κ2) is 5.27. The lowest BCUT2D eigenvalue weighted by atomic mass is 10.1. The number of amides is 2. The molecule has 2 aromatic rings. The number of hydrogen-bond donors (Lipinski definition) is 1. The molecular weight excluding hydrogens is 308 g/mol. The highest BCUT2D eigenvalue weighted by atomic mass is 32.2. The number of benzene rings is 2. The third kappa shape index (κ3) is 2.30. The van der Waals surface area contributed by atoms with E-state index in [0.29, 0.717) is 12.2 Å². The predicted molar refractivity (Wildman–Crippen MR) is 93.3 cm³/mol. The normalized spacial score (nSPS) is 26.6. The maximum atomic E-state index is 12.8. The Labute approximate surface area is 139 Å². The SMILES string of the molecule is C[C@@]12CCC(=O)N1[C@H](C(=O)Nc1cccc3ccccc13)CS2. The number of thioether (sulfide) groups is 1. The molecule has 5 heteroatoms. The van der Waals surface area contributed by atoms with E-state index in [1.54, 1.807) is 16.7 Å². The van der Waals surface area contributed by atoms with Crippen molar-refractivity contribution in [1.29, 1.82) is 0 Å². The Balaban J connectivity index is 1.62. The molecule has 2 saturated heterocycles. The van der Waals surface area contributed by atoms with Crippen LogP contribution in [0.15, 0.2) is 42.5 Å². The summed E-state index contributed by atoms with van der Waals surface area (Å²) in [6, 6.07) is 13.5. The van der Waals surface area contributed by atoms with Gasteiger partial charge in [0.1, 0.15) is 6.04 Å². The molecule has 0 unspecified atom stereocenters. The van der Waals surface area contributed by atoms with Gasteiger partial charge < -0.3 is 10.2 Å². The number of fused-ring (bicyclic) bond motifs is 2. The van der Waals surface area contributed by atoms with E-state index < -0.39 is 0 Å². The van der Waals surface area contributed by atoms with E-state index in [0.717, 1.165) is 22.9 Å². The standard InChI is InChI=1S/C18H18N2O2S/c1-18-10-9-16(21)20(18)15(11-23-18)17(22)19-14-8-4-6-12-5-2-3-7-13(12)14/h2-8,15H,9-11H2,1H3,(H,19,22)/t15-,18+/m0/s1. The first kappa shape index (κ1) is 14.6. The van der Waals surface area contributed by atoms with Crippen LogP contribution in [0.4, 0.5) is 5.69 Å². The second-order valence-electron chi connectivity index (χ2n) is 6.28. The minimum Gasteiger partial charge on any atom is -0.324 e. The largest absolute Gasteiger partial charge is 0.324 e. The molecule has 2 aromatic carbocycles. The van der Waals surface area contributed by atoms with Crippen molar-refractivity contribution in [3.63, 3.8) is 0 Å². The summed E-state index contributed by atoms with van der Waals surface area (Å²) in [4.78, 5) is 26.5. The molecule has 2 aliphatic heterocycles. The molecule has 0 saturated carbocycles. The third-order valence-electron chi connectivity index (χ3n) is 4.79. The van der Waals surface area contributed by atoms with E-state index in [1.165, 1.54) is 0 Å². The first-order valence-corrected chi connectivity index (χ1v) is 8.82. The van der Waals surface area contributed by atoms with E-state index >= 15 is 0 Å². The number of hydrogen-bond acceptors (Lipinski definition) is 3. The summed E-state index contributed by atoms with van der Waals surface area (Å²) in [6.07, 6.45) is 1.37. The Bertz CT molecular complexity index is 801. The zero-order valence-electron chi connectivity index (χ0n) is 12.9. The highest BCUT2D eigenvalue weighted by molar-refractivity contribution is 8.01. The molecule has 0 bridgehead atoms. The summed E-state index contributed by atoms with van der Waals surface area (Å²) in [5, 5.41) is 5.14. The third-order valence-corrected chi connectivity index (χ3v) is 6.30. The van der Waals surface area contributed by atoms with Gasteiger partial charge in [-0.05, 0) is 24.8 Å². The smallest absolute Gasteiger partial charge is 0.248 e. The van der Waals surface area contributed by atoms with Crippen molar-refractivity contribution in [3.05, 3.63) is 42.5 Å². The van der Waals surface area contributed by atoms with Crippen LogP contribution in [-0.4, -0.2) is 33.4 Å². The average molecular weight is 326 g/mol. The lowest BCUT2D eigenvalue weighted by molar-refractivity contribution is -0.135. The van der Waals surface area contributed by atoms with Crippen molar-refractivity contribution in [2.24, 2.45) is 0 Å². The van der Waals surface area contributed by atoms with E-state index in [1.807, 2.05) is 42.5 Å². The molecule has 2 fully saturated rings. The van der Waals surface area contributed by atoms with Crippen LogP contribution < -0.4 is 5.32 Å². The number of nitrogens with zero attached hydrogens (tertiary/aromatic N) is 1. The fourth-order valence-electron chi connectivity index (χ4n) is 3.57. The Morgan fingerprint density at radius 2 is 2.04 bits per heavy atom. The van der Waals surface area contributed by atoms with Crippen LogP contribution in [0.1, 0.15) is 19.8 Å². The lowest BCUT2D eigenvalue weighted by Gasteiger charge is -2.29.